The molecule has 0 saturated heterocycles. The van der Waals surface area contributed by atoms with Gasteiger partial charge < -0.3 is 14.4 Å². The van der Waals surface area contributed by atoms with Gasteiger partial charge in [0.15, 0.2) is 0 Å². The summed E-state index contributed by atoms with van der Waals surface area (Å²) in [6.07, 6.45) is 1.85. The fourth-order valence-electron chi connectivity index (χ4n) is 5.23. The topological polar surface area (TPSA) is 60.2 Å². The van der Waals surface area contributed by atoms with Crippen LogP contribution in [0.25, 0.3) is 38.5 Å². The minimum Gasteiger partial charge on any atom is -0.506 e. The first-order chi connectivity index (χ1) is 18.9. The number of rotatable bonds is 3. The molecule has 0 atom stereocenters. The molecule has 0 saturated carbocycles. The zero-order chi connectivity index (χ0) is 28.4. The van der Waals surface area contributed by atoms with Gasteiger partial charge in [0.05, 0.1) is 0 Å². The number of aryl methyl sites for hydroxylation is 1. The summed E-state index contributed by atoms with van der Waals surface area (Å²) in [5.41, 5.74) is 5.69. The van der Waals surface area contributed by atoms with Crippen LogP contribution in [0.4, 0.5) is 0 Å². The number of phenolic OH excluding ortho intramolecular Hbond substituents is 1. The molecule has 0 amide bonds. The van der Waals surface area contributed by atoms with E-state index in [0.29, 0.717) is 17.1 Å². The van der Waals surface area contributed by atoms with Crippen LogP contribution in [0, 0.1) is 13.0 Å². The Morgan fingerprint density at radius 1 is 0.854 bits per heavy atom. The van der Waals surface area contributed by atoms with Crippen molar-refractivity contribution in [2.45, 2.75) is 59.3 Å². The number of hydrogen-bond acceptors (Lipinski definition) is 4. The second kappa shape index (κ2) is 10.3. The van der Waals surface area contributed by atoms with Crippen molar-refractivity contribution in [2.75, 3.05) is 0 Å². The van der Waals surface area contributed by atoms with Crippen molar-refractivity contribution >= 4 is 32.7 Å². The summed E-state index contributed by atoms with van der Waals surface area (Å²) in [7, 11) is 0. The van der Waals surface area contributed by atoms with Gasteiger partial charge in [0.1, 0.15) is 17.1 Å². The molecule has 212 valence electrons. The number of benzene rings is 3. The third-order valence-corrected chi connectivity index (χ3v) is 7.46. The minimum absolute atomic E-state index is 0. The maximum absolute atomic E-state index is 10.4. The van der Waals surface area contributed by atoms with Crippen molar-refractivity contribution in [3.05, 3.63) is 95.7 Å². The molecular weight excluding hydrogens is 689 g/mol. The van der Waals surface area contributed by atoms with Crippen LogP contribution < -0.4 is 4.74 Å². The van der Waals surface area contributed by atoms with Crippen LogP contribution in [0.5, 0.6) is 17.4 Å². The number of aromatic nitrogens is 3. The average Bonchev–Trinajstić information content (AvgIpc) is 3.20. The molecule has 6 heteroatoms. The Hall–Kier alpha value is -3.69. The summed E-state index contributed by atoms with van der Waals surface area (Å²) in [6, 6.07) is 25.8. The molecule has 0 bridgehead atoms. The number of nitrogens with zero attached hydrogens (tertiary/aromatic N) is 3. The molecule has 5 nitrogen and oxygen atoms in total. The van der Waals surface area contributed by atoms with Gasteiger partial charge in [-0.05, 0) is 59.2 Å². The van der Waals surface area contributed by atoms with Gasteiger partial charge in [0, 0.05) is 50.0 Å². The first kappa shape index (κ1) is 28.8. The Kier molecular flexibility index (Phi) is 7.24. The number of hydrogen-bond donors (Lipinski definition) is 1. The van der Waals surface area contributed by atoms with E-state index in [1.165, 1.54) is 5.56 Å². The molecule has 0 radical (unpaired) electrons. The number of pyridine rings is 2. The zero-order valence-corrected chi connectivity index (χ0v) is 26.7. The first-order valence-corrected chi connectivity index (χ1v) is 13.7. The smallest absolute Gasteiger partial charge is 0.217 e. The SMILES string of the molecule is Cc1ccnc(-n2c3[c-]c(Oc4ccc5cccc(O)c5n4)c(C(C)(C)C)cc3c3cc(C(C)(C)C)ccc32)c1.[Pt]. The molecule has 1 N–H and O–H groups in total. The molecule has 0 unspecified atom stereocenters. The molecule has 0 aliphatic rings. The first-order valence-electron chi connectivity index (χ1n) is 13.7. The fourth-order valence-corrected chi connectivity index (χ4v) is 5.23. The van der Waals surface area contributed by atoms with E-state index in [1.807, 2.05) is 36.5 Å². The number of para-hydroxylation sites is 1. The van der Waals surface area contributed by atoms with Crippen LogP contribution >= 0.6 is 0 Å². The van der Waals surface area contributed by atoms with E-state index < -0.39 is 0 Å². The van der Waals surface area contributed by atoms with Gasteiger partial charge in [-0.1, -0.05) is 76.7 Å². The molecule has 6 rings (SSSR count). The predicted molar refractivity (Wildman–Crippen MR) is 163 cm³/mol. The largest absolute Gasteiger partial charge is 0.506 e. The third-order valence-electron chi connectivity index (χ3n) is 7.46. The van der Waals surface area contributed by atoms with Crippen LogP contribution in [-0.4, -0.2) is 19.6 Å². The Morgan fingerprint density at radius 2 is 1.63 bits per heavy atom. The minimum atomic E-state index is -0.226. The summed E-state index contributed by atoms with van der Waals surface area (Å²) in [5.74, 6) is 1.97. The molecule has 6 aromatic rings. The Morgan fingerprint density at radius 3 is 2.34 bits per heavy atom. The van der Waals surface area contributed by atoms with Gasteiger partial charge in [-0.2, -0.15) is 6.07 Å². The standard InChI is InChI=1S/C35H34N3O2.Pt/c1-21-15-16-36-31(17-21)38-27-13-12-23(34(2,3)4)18-24(27)25-19-26(35(5,6)7)30(20-28(25)38)40-32-14-11-22-9-8-10-29(39)33(22)37-32;/h8-19,39H,1-7H3;/q-1;. The zero-order valence-electron chi connectivity index (χ0n) is 24.4. The van der Waals surface area contributed by atoms with Gasteiger partial charge in [-0.15, -0.1) is 17.0 Å². The van der Waals surface area contributed by atoms with Gasteiger partial charge in [0.25, 0.3) is 0 Å². The summed E-state index contributed by atoms with van der Waals surface area (Å²) in [6.45, 7) is 15.3. The maximum Gasteiger partial charge on any atom is 0.217 e. The van der Waals surface area contributed by atoms with Crippen LogP contribution in [0.2, 0.25) is 0 Å². The van der Waals surface area contributed by atoms with E-state index in [-0.39, 0.29) is 37.6 Å². The molecule has 0 aliphatic carbocycles. The van der Waals surface area contributed by atoms with Crippen molar-refractivity contribution in [1.29, 1.82) is 0 Å². The van der Waals surface area contributed by atoms with Crippen molar-refractivity contribution in [2.24, 2.45) is 0 Å². The second-order valence-corrected chi connectivity index (χ2v) is 12.6. The molecule has 3 heterocycles. The van der Waals surface area contributed by atoms with Gasteiger partial charge in [0.2, 0.25) is 5.88 Å². The van der Waals surface area contributed by atoms with Crippen molar-refractivity contribution in [3.8, 4) is 23.2 Å². The van der Waals surface area contributed by atoms with Crippen molar-refractivity contribution < 1.29 is 30.9 Å². The van der Waals surface area contributed by atoms with E-state index >= 15 is 0 Å². The van der Waals surface area contributed by atoms with Gasteiger partial charge >= 0.3 is 0 Å². The molecular formula is C35H34N3O2Pt-. The molecule has 0 spiro atoms. The Bertz CT molecular complexity index is 1930. The summed E-state index contributed by atoms with van der Waals surface area (Å²) >= 11 is 0. The van der Waals surface area contributed by atoms with E-state index in [9.17, 15) is 5.11 Å². The van der Waals surface area contributed by atoms with Crippen LogP contribution in [0.3, 0.4) is 0 Å². The number of aromatic hydroxyl groups is 1. The van der Waals surface area contributed by atoms with Gasteiger partial charge in [-0.25, -0.2) is 9.97 Å². The number of ether oxygens (including phenoxy) is 1. The normalized spacial score (nSPS) is 12.2. The van der Waals surface area contributed by atoms with Gasteiger partial charge in [-0.3, -0.25) is 0 Å². The second-order valence-electron chi connectivity index (χ2n) is 12.6. The van der Waals surface area contributed by atoms with E-state index in [0.717, 1.165) is 44.1 Å². The maximum atomic E-state index is 10.4. The predicted octanol–water partition coefficient (Wildman–Crippen LogP) is 8.93. The monoisotopic (exact) mass is 723 g/mol. The van der Waals surface area contributed by atoms with Crippen LogP contribution in [0.15, 0.2) is 72.9 Å². The van der Waals surface area contributed by atoms with Crippen molar-refractivity contribution in [3.63, 3.8) is 0 Å². The van der Waals surface area contributed by atoms with E-state index in [4.69, 9.17) is 9.72 Å². The molecule has 3 aromatic carbocycles. The molecule has 41 heavy (non-hydrogen) atoms. The van der Waals surface area contributed by atoms with Crippen LogP contribution in [-0.2, 0) is 31.9 Å². The Labute approximate surface area is 255 Å². The summed E-state index contributed by atoms with van der Waals surface area (Å²) < 4.78 is 8.65. The average molecular weight is 724 g/mol. The molecule has 0 fully saturated rings. The van der Waals surface area contributed by atoms with E-state index in [1.54, 1.807) is 6.07 Å². The number of fused-ring (bicyclic) bond motifs is 4. The number of phenols is 1. The van der Waals surface area contributed by atoms with E-state index in [2.05, 4.69) is 94.4 Å². The quantitative estimate of drug-likeness (QED) is 0.185. The summed E-state index contributed by atoms with van der Waals surface area (Å²) in [4.78, 5) is 9.38. The Balaban J connectivity index is 0.00000337. The fraction of sp³-hybridized carbons (Fsp3) is 0.257. The third kappa shape index (κ3) is 5.24. The molecule has 0 aliphatic heterocycles. The van der Waals surface area contributed by atoms with Crippen LogP contribution in [0.1, 0.15) is 58.2 Å². The summed E-state index contributed by atoms with van der Waals surface area (Å²) in [5, 5.41) is 13.5. The molecule has 3 aromatic heterocycles. The van der Waals surface area contributed by atoms with Crippen molar-refractivity contribution in [1.82, 2.24) is 14.5 Å².